The summed E-state index contributed by atoms with van der Waals surface area (Å²) in [6.45, 7) is 7.58. The van der Waals surface area contributed by atoms with E-state index in [4.69, 9.17) is 14.9 Å². The first-order valence-electron chi connectivity index (χ1n) is 5.00. The molecule has 1 unspecified atom stereocenters. The molecule has 1 N–H and O–H groups in total. The van der Waals surface area contributed by atoms with Crippen molar-refractivity contribution in [2.45, 2.75) is 58.7 Å². The molecule has 4 nitrogen and oxygen atoms in total. The normalized spacial score (nSPS) is 14.0. The molecule has 0 spiro atoms. The summed E-state index contributed by atoms with van der Waals surface area (Å²) in [6, 6.07) is 0. The molecule has 0 saturated heterocycles. The third-order valence-corrected chi connectivity index (χ3v) is 2.07. The van der Waals surface area contributed by atoms with Gasteiger partial charge in [-0.25, -0.2) is 14.6 Å². The Hall–Kier alpha value is -0.610. The largest absolute Gasteiger partial charge is 0.479 e. The van der Waals surface area contributed by atoms with E-state index in [9.17, 15) is 4.79 Å². The molecule has 0 aliphatic carbocycles. The summed E-state index contributed by atoms with van der Waals surface area (Å²) in [5, 5.41) is 8.77. The molecule has 0 aromatic heterocycles. The van der Waals surface area contributed by atoms with Crippen molar-refractivity contribution in [2.75, 3.05) is 0 Å². The van der Waals surface area contributed by atoms with Gasteiger partial charge < -0.3 is 5.11 Å². The molecule has 0 aromatic rings. The van der Waals surface area contributed by atoms with Crippen molar-refractivity contribution in [1.29, 1.82) is 0 Å². The smallest absolute Gasteiger partial charge is 0.336 e. The van der Waals surface area contributed by atoms with E-state index in [0.717, 1.165) is 12.8 Å². The molecule has 1 atom stereocenters. The third kappa shape index (κ3) is 5.19. The summed E-state index contributed by atoms with van der Waals surface area (Å²) in [4.78, 5) is 20.7. The van der Waals surface area contributed by atoms with Gasteiger partial charge in [0.2, 0.25) is 0 Å². The van der Waals surface area contributed by atoms with Crippen LogP contribution in [0.15, 0.2) is 0 Å². The van der Waals surface area contributed by atoms with Gasteiger partial charge in [0.25, 0.3) is 0 Å². The second kappa shape index (κ2) is 5.98. The fraction of sp³-hybridized carbons (Fsp3) is 0.900. The molecule has 0 fully saturated rings. The van der Waals surface area contributed by atoms with E-state index in [-0.39, 0.29) is 0 Å². The Balaban J connectivity index is 3.99. The van der Waals surface area contributed by atoms with Crippen LogP contribution in [0.3, 0.4) is 0 Å². The maximum absolute atomic E-state index is 10.7. The number of hydrogen-bond donors (Lipinski definition) is 1. The molecule has 4 heteroatoms. The van der Waals surface area contributed by atoms with Crippen molar-refractivity contribution in [3.63, 3.8) is 0 Å². The number of hydrogen-bond acceptors (Lipinski definition) is 3. The lowest BCUT2D eigenvalue weighted by atomic mass is 10.1. The highest BCUT2D eigenvalue weighted by Crippen LogP contribution is 2.16. The van der Waals surface area contributed by atoms with Gasteiger partial charge in [-0.3, -0.25) is 0 Å². The van der Waals surface area contributed by atoms with Gasteiger partial charge >= 0.3 is 5.97 Å². The van der Waals surface area contributed by atoms with Gasteiger partial charge in [0, 0.05) is 0 Å². The predicted molar refractivity (Wildman–Crippen MR) is 52.9 cm³/mol. The molecule has 84 valence electrons. The predicted octanol–water partition coefficient (Wildman–Crippen LogP) is 2.38. The van der Waals surface area contributed by atoms with Crippen LogP contribution in [-0.4, -0.2) is 22.8 Å². The Morgan fingerprint density at radius 1 is 1.43 bits per heavy atom. The molecule has 0 radical (unpaired) electrons. The van der Waals surface area contributed by atoms with Gasteiger partial charge in [0.05, 0.1) is 5.60 Å². The van der Waals surface area contributed by atoms with Crippen LogP contribution in [0.1, 0.15) is 47.0 Å². The van der Waals surface area contributed by atoms with Crippen LogP contribution in [0.25, 0.3) is 0 Å². The SMILES string of the molecule is CCCC(OOC(C)(C)CC)C(=O)O. The zero-order valence-electron chi connectivity index (χ0n) is 9.37. The van der Waals surface area contributed by atoms with Gasteiger partial charge in [-0.05, 0) is 26.7 Å². The molecule has 0 heterocycles. The van der Waals surface area contributed by atoms with E-state index >= 15 is 0 Å². The number of carboxylic acids is 1. The summed E-state index contributed by atoms with van der Waals surface area (Å²) in [5.74, 6) is -0.973. The van der Waals surface area contributed by atoms with Crippen molar-refractivity contribution in [1.82, 2.24) is 0 Å². The van der Waals surface area contributed by atoms with Crippen molar-refractivity contribution in [3.05, 3.63) is 0 Å². The molecular weight excluding hydrogens is 184 g/mol. The van der Waals surface area contributed by atoms with Gasteiger partial charge in [-0.2, -0.15) is 0 Å². The van der Waals surface area contributed by atoms with Crippen molar-refractivity contribution < 1.29 is 19.7 Å². The number of carboxylic acid groups (broad SMARTS) is 1. The minimum Gasteiger partial charge on any atom is -0.479 e. The number of aliphatic carboxylic acids is 1. The molecule has 0 saturated carbocycles. The molecule has 0 aliphatic rings. The fourth-order valence-electron chi connectivity index (χ4n) is 0.722. The van der Waals surface area contributed by atoms with Crippen LogP contribution < -0.4 is 0 Å². The van der Waals surface area contributed by atoms with Crippen LogP contribution in [0.4, 0.5) is 0 Å². The molecule has 14 heavy (non-hydrogen) atoms. The average molecular weight is 204 g/mol. The number of rotatable bonds is 7. The maximum atomic E-state index is 10.7. The van der Waals surface area contributed by atoms with Crippen LogP contribution in [-0.2, 0) is 14.6 Å². The first kappa shape index (κ1) is 13.4. The lowest BCUT2D eigenvalue weighted by Gasteiger charge is -2.23. The van der Waals surface area contributed by atoms with Gasteiger partial charge in [0.1, 0.15) is 0 Å². The van der Waals surface area contributed by atoms with Crippen LogP contribution in [0.2, 0.25) is 0 Å². The van der Waals surface area contributed by atoms with Gasteiger partial charge in [-0.1, -0.05) is 20.3 Å². The third-order valence-electron chi connectivity index (χ3n) is 2.07. The second-order valence-corrected chi connectivity index (χ2v) is 3.91. The molecule has 0 amide bonds. The quantitative estimate of drug-likeness (QED) is 0.511. The molecule has 0 bridgehead atoms. The molecule has 0 aromatic carbocycles. The Kier molecular flexibility index (Phi) is 5.72. The Morgan fingerprint density at radius 3 is 2.36 bits per heavy atom. The standard InChI is InChI=1S/C10H20O4/c1-5-7-8(9(11)12)13-14-10(3,4)6-2/h8H,5-7H2,1-4H3,(H,11,12). The van der Waals surface area contributed by atoms with Gasteiger partial charge in [0.15, 0.2) is 6.10 Å². The van der Waals surface area contributed by atoms with Crippen molar-refractivity contribution >= 4 is 5.97 Å². The molecule has 0 aliphatic heterocycles. The van der Waals surface area contributed by atoms with Crippen LogP contribution >= 0.6 is 0 Å². The summed E-state index contributed by atoms with van der Waals surface area (Å²) < 4.78 is 0. The maximum Gasteiger partial charge on any atom is 0.336 e. The summed E-state index contributed by atoms with van der Waals surface area (Å²) in [7, 11) is 0. The summed E-state index contributed by atoms with van der Waals surface area (Å²) >= 11 is 0. The zero-order chi connectivity index (χ0) is 11.2. The lowest BCUT2D eigenvalue weighted by molar-refractivity contribution is -0.372. The highest BCUT2D eigenvalue weighted by molar-refractivity contribution is 5.72. The zero-order valence-corrected chi connectivity index (χ0v) is 9.37. The summed E-state index contributed by atoms with van der Waals surface area (Å²) in [6.07, 6.45) is 1.14. The van der Waals surface area contributed by atoms with Crippen LogP contribution in [0, 0.1) is 0 Å². The van der Waals surface area contributed by atoms with E-state index in [2.05, 4.69) is 0 Å². The Bertz CT molecular complexity index is 177. The second-order valence-electron chi connectivity index (χ2n) is 3.91. The van der Waals surface area contributed by atoms with E-state index < -0.39 is 17.7 Å². The fourth-order valence-corrected chi connectivity index (χ4v) is 0.722. The first-order chi connectivity index (χ1) is 6.43. The van der Waals surface area contributed by atoms with E-state index in [1.807, 2.05) is 27.7 Å². The van der Waals surface area contributed by atoms with Crippen LogP contribution in [0.5, 0.6) is 0 Å². The molecule has 0 rings (SSSR count). The average Bonchev–Trinajstić information content (AvgIpc) is 2.12. The minimum absolute atomic E-state index is 0.429. The minimum atomic E-state index is -0.973. The van der Waals surface area contributed by atoms with Gasteiger partial charge in [-0.15, -0.1) is 0 Å². The van der Waals surface area contributed by atoms with E-state index in [0.29, 0.717) is 6.42 Å². The lowest BCUT2D eigenvalue weighted by Crippen LogP contribution is -2.30. The van der Waals surface area contributed by atoms with Crippen molar-refractivity contribution in [2.24, 2.45) is 0 Å². The van der Waals surface area contributed by atoms with E-state index in [1.54, 1.807) is 0 Å². The van der Waals surface area contributed by atoms with E-state index in [1.165, 1.54) is 0 Å². The van der Waals surface area contributed by atoms with Crippen molar-refractivity contribution in [3.8, 4) is 0 Å². The topological polar surface area (TPSA) is 55.8 Å². The highest BCUT2D eigenvalue weighted by atomic mass is 17.2. The number of carbonyl (C=O) groups is 1. The first-order valence-corrected chi connectivity index (χ1v) is 5.00. The highest BCUT2D eigenvalue weighted by Gasteiger charge is 2.23. The monoisotopic (exact) mass is 204 g/mol. The Labute approximate surface area is 85.1 Å². The Morgan fingerprint density at radius 2 is 2.00 bits per heavy atom. The summed E-state index contributed by atoms with van der Waals surface area (Å²) in [5.41, 5.74) is -0.429. The molecular formula is C10H20O4.